The van der Waals surface area contributed by atoms with E-state index in [1.54, 1.807) is 23.7 Å². The molecule has 1 aliphatic rings. The predicted molar refractivity (Wildman–Crippen MR) is 74.3 cm³/mol. The Bertz CT molecular complexity index is 766. The second-order valence-electron chi connectivity index (χ2n) is 5.03. The molecule has 2 aromatic rings. The van der Waals surface area contributed by atoms with Crippen LogP contribution in [0.3, 0.4) is 0 Å². The molecule has 0 radical (unpaired) electrons. The third-order valence-electron chi connectivity index (χ3n) is 3.83. The first-order valence-electron chi connectivity index (χ1n) is 6.44. The van der Waals surface area contributed by atoms with Gasteiger partial charge in [-0.05, 0) is 25.5 Å². The summed E-state index contributed by atoms with van der Waals surface area (Å²) in [5, 5.41) is 6.37. The van der Waals surface area contributed by atoms with Crippen LogP contribution >= 0.6 is 0 Å². The van der Waals surface area contributed by atoms with Gasteiger partial charge in [-0.15, -0.1) is 0 Å². The summed E-state index contributed by atoms with van der Waals surface area (Å²) in [6, 6.07) is 5.13. The van der Waals surface area contributed by atoms with Gasteiger partial charge in [0.25, 0.3) is 5.91 Å². The van der Waals surface area contributed by atoms with E-state index in [1.165, 1.54) is 6.20 Å². The van der Waals surface area contributed by atoms with Crippen LogP contribution in [0.25, 0.3) is 5.52 Å². The van der Waals surface area contributed by atoms with Gasteiger partial charge in [-0.3, -0.25) is 4.79 Å². The number of fused-ring (bicyclic) bond motifs is 1. The highest BCUT2D eigenvalue weighted by Gasteiger charge is 2.37. The van der Waals surface area contributed by atoms with E-state index in [0.29, 0.717) is 17.5 Å². The number of amides is 1. The molecule has 1 fully saturated rings. The molecule has 3 rings (SSSR count). The van der Waals surface area contributed by atoms with E-state index in [1.807, 2.05) is 12.1 Å². The number of hydrogen-bond acceptors (Lipinski definition) is 4. The molecule has 0 aromatic carbocycles. The molecule has 1 N–H and O–H groups in total. The molecule has 0 unspecified atom stereocenters. The first-order valence-corrected chi connectivity index (χ1v) is 8.15. The zero-order valence-electron chi connectivity index (χ0n) is 11.0. The number of carbonyl (C=O) groups excluding carboxylic acids is 1. The molecule has 2 atom stereocenters. The van der Waals surface area contributed by atoms with Crippen LogP contribution in [0.4, 0.5) is 0 Å². The number of aromatic nitrogens is 2. The summed E-state index contributed by atoms with van der Waals surface area (Å²) in [5.74, 6) is -0.145. The van der Waals surface area contributed by atoms with E-state index >= 15 is 0 Å². The summed E-state index contributed by atoms with van der Waals surface area (Å²) in [7, 11) is -3.07. The Labute approximate surface area is 116 Å². The number of pyridine rings is 1. The Balaban J connectivity index is 1.84. The second kappa shape index (κ2) is 4.59. The van der Waals surface area contributed by atoms with Crippen LogP contribution in [0, 0.1) is 0 Å². The standard InChI is InChI=1S/C13H15N3O3S/c1-9-11(5-7-20(9,18)19)15-13(17)10-8-14-16-6-3-2-4-12(10)16/h2-4,6,8-9,11H,5,7H2,1H3,(H,15,17)/t9-,11-/m0/s1. The van der Waals surface area contributed by atoms with Crippen molar-refractivity contribution in [3.05, 3.63) is 36.2 Å². The van der Waals surface area contributed by atoms with Crippen molar-refractivity contribution in [1.29, 1.82) is 0 Å². The number of rotatable bonds is 2. The highest BCUT2D eigenvalue weighted by molar-refractivity contribution is 7.92. The van der Waals surface area contributed by atoms with Crippen molar-refractivity contribution in [2.24, 2.45) is 0 Å². The largest absolute Gasteiger partial charge is 0.348 e. The zero-order valence-corrected chi connectivity index (χ0v) is 11.8. The minimum absolute atomic E-state index is 0.133. The molecule has 6 nitrogen and oxygen atoms in total. The van der Waals surface area contributed by atoms with Gasteiger partial charge in [-0.2, -0.15) is 5.10 Å². The Morgan fingerprint density at radius 1 is 1.45 bits per heavy atom. The molecule has 0 bridgehead atoms. The van der Waals surface area contributed by atoms with Gasteiger partial charge < -0.3 is 5.32 Å². The van der Waals surface area contributed by atoms with E-state index in [9.17, 15) is 13.2 Å². The van der Waals surface area contributed by atoms with E-state index in [4.69, 9.17) is 0 Å². The maximum absolute atomic E-state index is 12.3. The number of hydrogen-bond donors (Lipinski definition) is 1. The topological polar surface area (TPSA) is 80.5 Å². The fourth-order valence-corrected chi connectivity index (χ4v) is 4.17. The van der Waals surface area contributed by atoms with Crippen LogP contribution in [-0.2, 0) is 9.84 Å². The highest BCUT2D eigenvalue weighted by atomic mass is 32.2. The van der Waals surface area contributed by atoms with Gasteiger partial charge >= 0.3 is 0 Å². The summed E-state index contributed by atoms with van der Waals surface area (Å²) in [4.78, 5) is 12.3. The number of nitrogens with one attached hydrogen (secondary N) is 1. The van der Waals surface area contributed by atoms with Crippen molar-refractivity contribution in [1.82, 2.24) is 14.9 Å². The second-order valence-corrected chi connectivity index (χ2v) is 7.51. The third-order valence-corrected chi connectivity index (χ3v) is 6.10. The molecule has 20 heavy (non-hydrogen) atoms. The lowest BCUT2D eigenvalue weighted by atomic mass is 10.1. The molecule has 1 aliphatic heterocycles. The number of sulfone groups is 1. The molecule has 106 valence electrons. The average molecular weight is 293 g/mol. The first-order chi connectivity index (χ1) is 9.49. The van der Waals surface area contributed by atoms with Crippen LogP contribution in [0.5, 0.6) is 0 Å². The zero-order chi connectivity index (χ0) is 14.3. The van der Waals surface area contributed by atoms with Crippen LogP contribution in [0.2, 0.25) is 0 Å². The Hall–Kier alpha value is -1.89. The van der Waals surface area contributed by atoms with Gasteiger partial charge in [0.2, 0.25) is 0 Å². The SMILES string of the molecule is C[C@H]1[C@@H](NC(=O)c2cnn3ccccc23)CCS1(=O)=O. The molecule has 0 aliphatic carbocycles. The van der Waals surface area contributed by atoms with E-state index in [-0.39, 0.29) is 17.7 Å². The molecular formula is C13H15N3O3S. The fraction of sp³-hybridized carbons (Fsp3) is 0.385. The van der Waals surface area contributed by atoms with Crippen molar-refractivity contribution in [3.8, 4) is 0 Å². The van der Waals surface area contributed by atoms with Crippen molar-refractivity contribution < 1.29 is 13.2 Å². The molecule has 2 aromatic heterocycles. The fourth-order valence-electron chi connectivity index (χ4n) is 2.51. The number of nitrogens with zero attached hydrogens (tertiary/aromatic N) is 2. The van der Waals surface area contributed by atoms with Gasteiger partial charge in [0.15, 0.2) is 9.84 Å². The third kappa shape index (κ3) is 2.07. The van der Waals surface area contributed by atoms with Crippen molar-refractivity contribution in [2.75, 3.05) is 5.75 Å². The summed E-state index contributed by atoms with van der Waals surface area (Å²) >= 11 is 0. The first kappa shape index (κ1) is 13.1. The molecule has 1 saturated heterocycles. The maximum Gasteiger partial charge on any atom is 0.255 e. The molecule has 7 heteroatoms. The summed E-state index contributed by atoms with van der Waals surface area (Å²) in [5.41, 5.74) is 1.17. The summed E-state index contributed by atoms with van der Waals surface area (Å²) in [6.45, 7) is 1.64. The maximum atomic E-state index is 12.3. The van der Waals surface area contributed by atoms with Crippen molar-refractivity contribution >= 4 is 21.3 Å². The molecular weight excluding hydrogens is 278 g/mol. The normalized spacial score (nSPS) is 24.9. The summed E-state index contributed by atoms with van der Waals surface area (Å²) in [6.07, 6.45) is 3.72. The van der Waals surface area contributed by atoms with Crippen LogP contribution in [0.15, 0.2) is 30.6 Å². The van der Waals surface area contributed by atoms with E-state index in [0.717, 1.165) is 0 Å². The minimum atomic E-state index is -3.07. The quantitative estimate of drug-likeness (QED) is 0.881. The van der Waals surface area contributed by atoms with E-state index in [2.05, 4.69) is 10.4 Å². The lowest BCUT2D eigenvalue weighted by Gasteiger charge is -2.15. The molecule has 1 amide bonds. The Morgan fingerprint density at radius 3 is 2.95 bits per heavy atom. The smallest absolute Gasteiger partial charge is 0.255 e. The Morgan fingerprint density at radius 2 is 2.25 bits per heavy atom. The van der Waals surface area contributed by atoms with Crippen LogP contribution in [-0.4, -0.2) is 41.0 Å². The molecule has 0 saturated carbocycles. The lowest BCUT2D eigenvalue weighted by Crippen LogP contribution is -2.40. The van der Waals surface area contributed by atoms with Crippen LogP contribution in [0.1, 0.15) is 23.7 Å². The molecule has 0 spiro atoms. The Kier molecular flexibility index (Phi) is 3.01. The highest BCUT2D eigenvalue weighted by Crippen LogP contribution is 2.21. The number of carbonyl (C=O) groups is 1. The minimum Gasteiger partial charge on any atom is -0.348 e. The van der Waals surface area contributed by atoms with Gasteiger partial charge in [0.05, 0.1) is 28.3 Å². The van der Waals surface area contributed by atoms with Gasteiger partial charge in [-0.1, -0.05) is 6.07 Å². The van der Waals surface area contributed by atoms with Crippen LogP contribution < -0.4 is 5.32 Å². The van der Waals surface area contributed by atoms with Gasteiger partial charge in [0, 0.05) is 12.2 Å². The predicted octanol–water partition coefficient (Wildman–Crippen LogP) is 0.640. The van der Waals surface area contributed by atoms with E-state index < -0.39 is 15.1 Å². The monoisotopic (exact) mass is 293 g/mol. The van der Waals surface area contributed by atoms with Crippen molar-refractivity contribution in [2.45, 2.75) is 24.6 Å². The average Bonchev–Trinajstić information content (AvgIpc) is 2.95. The summed E-state index contributed by atoms with van der Waals surface area (Å²) < 4.78 is 25.0. The lowest BCUT2D eigenvalue weighted by molar-refractivity contribution is 0.0939. The molecule has 3 heterocycles. The van der Waals surface area contributed by atoms with Gasteiger partial charge in [-0.25, -0.2) is 12.9 Å². The van der Waals surface area contributed by atoms with Gasteiger partial charge in [0.1, 0.15) is 0 Å². The van der Waals surface area contributed by atoms with Crippen molar-refractivity contribution in [3.63, 3.8) is 0 Å².